The van der Waals surface area contributed by atoms with Crippen molar-refractivity contribution >= 4 is 5.69 Å². The lowest BCUT2D eigenvalue weighted by Gasteiger charge is -2.07. The molecule has 0 N–H and O–H groups in total. The second-order valence-electron chi connectivity index (χ2n) is 6.39. The van der Waals surface area contributed by atoms with Crippen molar-refractivity contribution in [1.82, 2.24) is 10.1 Å². The van der Waals surface area contributed by atoms with Crippen molar-refractivity contribution in [2.75, 3.05) is 7.11 Å². The molecule has 8 nitrogen and oxygen atoms in total. The van der Waals surface area contributed by atoms with Crippen molar-refractivity contribution in [2.45, 2.75) is 6.61 Å². The van der Waals surface area contributed by atoms with Gasteiger partial charge in [0.2, 0.25) is 5.82 Å². The topological polar surface area (TPSA) is 101 Å². The zero-order chi connectivity index (χ0) is 20.9. The van der Waals surface area contributed by atoms with E-state index in [0.717, 1.165) is 22.6 Å². The zero-order valence-electron chi connectivity index (χ0n) is 16.0. The number of hydrogen-bond donors (Lipinski definition) is 0. The summed E-state index contributed by atoms with van der Waals surface area (Å²) in [5.41, 5.74) is 2.41. The summed E-state index contributed by atoms with van der Waals surface area (Å²) in [5.74, 6) is 2.27. The molecule has 4 aromatic rings. The van der Waals surface area contributed by atoms with Gasteiger partial charge in [-0.3, -0.25) is 10.1 Å². The minimum Gasteiger partial charge on any atom is -0.497 e. The first-order chi connectivity index (χ1) is 14.6. The van der Waals surface area contributed by atoms with Crippen molar-refractivity contribution in [3.05, 3.63) is 88.5 Å². The third kappa shape index (κ3) is 4.27. The van der Waals surface area contributed by atoms with E-state index >= 15 is 0 Å². The van der Waals surface area contributed by atoms with E-state index in [1.54, 1.807) is 19.2 Å². The lowest BCUT2D eigenvalue weighted by Crippen LogP contribution is -1.95. The first-order valence-electron chi connectivity index (χ1n) is 9.07. The molecule has 0 bridgehead atoms. The Labute approximate surface area is 171 Å². The lowest BCUT2D eigenvalue weighted by molar-refractivity contribution is -0.384. The highest BCUT2D eigenvalue weighted by molar-refractivity contribution is 5.61. The standard InChI is InChI=1S/C22H17N3O5/c1-28-19-10-12-20(13-11-19)29-14-15-2-4-17(5-3-15)22-23-21(24-30-22)16-6-8-18(9-7-16)25(26)27/h2-13H,14H2,1H3. The van der Waals surface area contributed by atoms with Crippen LogP contribution in [0.25, 0.3) is 22.8 Å². The van der Waals surface area contributed by atoms with Gasteiger partial charge in [0.05, 0.1) is 12.0 Å². The summed E-state index contributed by atoms with van der Waals surface area (Å²) < 4.78 is 16.2. The fourth-order valence-corrected chi connectivity index (χ4v) is 2.77. The molecule has 0 saturated carbocycles. The Morgan fingerprint density at radius 2 is 1.53 bits per heavy atom. The lowest BCUT2D eigenvalue weighted by atomic mass is 10.1. The monoisotopic (exact) mass is 403 g/mol. The van der Waals surface area contributed by atoms with Crippen LogP contribution in [-0.4, -0.2) is 22.2 Å². The maximum atomic E-state index is 10.8. The molecule has 0 unspecified atom stereocenters. The molecule has 0 aliphatic carbocycles. The van der Waals surface area contributed by atoms with Gasteiger partial charge in [-0.05, 0) is 54.1 Å². The highest BCUT2D eigenvalue weighted by atomic mass is 16.6. The maximum absolute atomic E-state index is 10.8. The van der Waals surface area contributed by atoms with Crippen LogP contribution in [0, 0.1) is 10.1 Å². The molecule has 0 fully saturated rings. The summed E-state index contributed by atoms with van der Waals surface area (Å²) in [6.45, 7) is 0.421. The van der Waals surface area contributed by atoms with Crippen molar-refractivity contribution in [2.24, 2.45) is 0 Å². The highest BCUT2D eigenvalue weighted by Crippen LogP contribution is 2.24. The smallest absolute Gasteiger partial charge is 0.269 e. The molecular formula is C22H17N3O5. The number of hydrogen-bond acceptors (Lipinski definition) is 7. The van der Waals surface area contributed by atoms with E-state index in [9.17, 15) is 10.1 Å². The Bertz CT molecular complexity index is 1140. The van der Waals surface area contributed by atoms with Gasteiger partial charge in [0.15, 0.2) is 0 Å². The number of nitrogens with zero attached hydrogens (tertiary/aromatic N) is 3. The Hall–Kier alpha value is -4.20. The van der Waals surface area contributed by atoms with Gasteiger partial charge in [-0.25, -0.2) is 0 Å². The molecule has 1 heterocycles. The molecule has 0 atom stereocenters. The summed E-state index contributed by atoms with van der Waals surface area (Å²) in [5, 5.41) is 14.7. The Balaban J connectivity index is 1.42. The summed E-state index contributed by atoms with van der Waals surface area (Å²) in [7, 11) is 1.62. The number of nitro groups is 1. The number of rotatable bonds is 7. The van der Waals surface area contributed by atoms with E-state index in [-0.39, 0.29) is 5.69 Å². The summed E-state index contributed by atoms with van der Waals surface area (Å²) in [6.07, 6.45) is 0. The predicted octanol–water partition coefficient (Wildman–Crippen LogP) is 4.90. The van der Waals surface area contributed by atoms with Crippen molar-refractivity contribution in [1.29, 1.82) is 0 Å². The molecule has 0 spiro atoms. The summed E-state index contributed by atoms with van der Waals surface area (Å²) in [6, 6.07) is 21.0. The Kier molecular flexibility index (Phi) is 5.38. The van der Waals surface area contributed by atoms with Crippen LogP contribution in [0.4, 0.5) is 5.69 Å². The molecule has 8 heteroatoms. The van der Waals surface area contributed by atoms with Gasteiger partial charge in [-0.15, -0.1) is 0 Å². The maximum Gasteiger partial charge on any atom is 0.269 e. The van der Waals surface area contributed by atoms with Crippen LogP contribution >= 0.6 is 0 Å². The Morgan fingerprint density at radius 1 is 0.900 bits per heavy atom. The van der Waals surface area contributed by atoms with Crippen molar-refractivity contribution in [3.8, 4) is 34.3 Å². The van der Waals surface area contributed by atoms with Gasteiger partial charge < -0.3 is 14.0 Å². The molecule has 30 heavy (non-hydrogen) atoms. The van der Waals surface area contributed by atoms with E-state index < -0.39 is 4.92 Å². The SMILES string of the molecule is COc1ccc(OCc2ccc(-c3nc(-c4ccc([N+](=O)[O-])cc4)no3)cc2)cc1. The number of non-ortho nitro benzene ring substituents is 1. The van der Waals surface area contributed by atoms with E-state index in [1.807, 2.05) is 48.5 Å². The van der Waals surface area contributed by atoms with Crippen LogP contribution in [0.2, 0.25) is 0 Å². The van der Waals surface area contributed by atoms with E-state index in [0.29, 0.717) is 23.9 Å². The fourth-order valence-electron chi connectivity index (χ4n) is 2.77. The van der Waals surface area contributed by atoms with Crippen LogP contribution in [0.15, 0.2) is 77.3 Å². The average molecular weight is 403 g/mol. The summed E-state index contributed by atoms with van der Waals surface area (Å²) >= 11 is 0. The minimum absolute atomic E-state index is 0.00918. The molecule has 0 radical (unpaired) electrons. The highest BCUT2D eigenvalue weighted by Gasteiger charge is 2.12. The molecule has 0 amide bonds. The molecule has 150 valence electrons. The minimum atomic E-state index is -0.453. The number of nitro benzene ring substituents is 1. The first kappa shape index (κ1) is 19.1. The fraction of sp³-hybridized carbons (Fsp3) is 0.0909. The van der Waals surface area contributed by atoms with E-state index in [2.05, 4.69) is 10.1 Å². The van der Waals surface area contributed by atoms with E-state index in [1.165, 1.54) is 12.1 Å². The molecular weight excluding hydrogens is 386 g/mol. The first-order valence-corrected chi connectivity index (χ1v) is 9.07. The van der Waals surface area contributed by atoms with Crippen molar-refractivity contribution < 1.29 is 18.9 Å². The largest absolute Gasteiger partial charge is 0.497 e. The van der Waals surface area contributed by atoms with Gasteiger partial charge in [0.25, 0.3) is 11.6 Å². The average Bonchev–Trinajstić information content (AvgIpc) is 3.29. The van der Waals surface area contributed by atoms with E-state index in [4.69, 9.17) is 14.0 Å². The normalized spacial score (nSPS) is 10.6. The van der Waals surface area contributed by atoms with Crippen molar-refractivity contribution in [3.63, 3.8) is 0 Å². The van der Waals surface area contributed by atoms with Gasteiger partial charge in [0.1, 0.15) is 18.1 Å². The number of ether oxygens (including phenoxy) is 2. The van der Waals surface area contributed by atoms with Gasteiger partial charge in [-0.1, -0.05) is 17.3 Å². The molecule has 4 rings (SSSR count). The zero-order valence-corrected chi connectivity index (χ0v) is 16.0. The molecule has 0 saturated heterocycles. The van der Waals surface area contributed by atoms with Gasteiger partial charge in [-0.2, -0.15) is 4.98 Å². The molecule has 3 aromatic carbocycles. The molecule has 0 aliphatic heterocycles. The van der Waals surface area contributed by atoms with Gasteiger partial charge in [0, 0.05) is 23.3 Å². The number of benzene rings is 3. The second kappa shape index (κ2) is 8.44. The third-order valence-corrected chi connectivity index (χ3v) is 4.43. The van der Waals surface area contributed by atoms with Gasteiger partial charge >= 0.3 is 0 Å². The van der Waals surface area contributed by atoms with Crippen LogP contribution in [0.1, 0.15) is 5.56 Å². The van der Waals surface area contributed by atoms with Crippen LogP contribution in [0.3, 0.4) is 0 Å². The molecule has 1 aromatic heterocycles. The van der Waals surface area contributed by atoms with Crippen LogP contribution in [-0.2, 0) is 6.61 Å². The number of methoxy groups -OCH3 is 1. The number of aromatic nitrogens is 2. The molecule has 0 aliphatic rings. The third-order valence-electron chi connectivity index (χ3n) is 4.43. The van der Waals surface area contributed by atoms with Crippen LogP contribution in [0.5, 0.6) is 11.5 Å². The predicted molar refractivity (Wildman–Crippen MR) is 109 cm³/mol. The quantitative estimate of drug-likeness (QED) is 0.319. The Morgan fingerprint density at radius 3 is 2.17 bits per heavy atom. The summed E-state index contributed by atoms with van der Waals surface area (Å²) in [4.78, 5) is 14.7. The second-order valence-corrected chi connectivity index (χ2v) is 6.39. The van der Waals surface area contributed by atoms with Crippen LogP contribution < -0.4 is 9.47 Å².